The molecule has 0 saturated carbocycles. The van der Waals surface area contributed by atoms with E-state index < -0.39 is 5.91 Å². The number of amides is 2. The van der Waals surface area contributed by atoms with Crippen LogP contribution in [0.25, 0.3) is 33.5 Å². The van der Waals surface area contributed by atoms with E-state index in [9.17, 15) is 9.59 Å². The van der Waals surface area contributed by atoms with Crippen molar-refractivity contribution in [2.75, 3.05) is 13.6 Å². The smallest absolute Gasteiger partial charge is 0.287 e. The van der Waals surface area contributed by atoms with Crippen molar-refractivity contribution in [2.24, 2.45) is 0 Å². The van der Waals surface area contributed by atoms with E-state index in [4.69, 9.17) is 4.42 Å². The van der Waals surface area contributed by atoms with Crippen molar-refractivity contribution in [2.45, 2.75) is 0 Å². The molecule has 0 aliphatic carbocycles. The minimum atomic E-state index is -0.453. The Kier molecular flexibility index (Phi) is 4.63. The zero-order valence-corrected chi connectivity index (χ0v) is 15.2. The third-order valence-electron chi connectivity index (χ3n) is 4.42. The summed E-state index contributed by atoms with van der Waals surface area (Å²) in [6, 6.07) is 15.3. The van der Waals surface area contributed by atoms with E-state index >= 15 is 0 Å². The maximum Gasteiger partial charge on any atom is 0.287 e. The average molecular weight is 374 g/mol. The number of nitrogens with zero attached hydrogens (tertiary/aromatic N) is 1. The van der Waals surface area contributed by atoms with E-state index in [0.717, 1.165) is 22.0 Å². The second kappa shape index (κ2) is 7.40. The van der Waals surface area contributed by atoms with Gasteiger partial charge in [0.05, 0.1) is 6.54 Å². The SMILES string of the molecule is CNC(=O)CNC(=O)c1ccc(-c2ccc(-c3ccc4cc[nH]c4c3)cn2)o1. The number of aromatic amines is 1. The molecular weight excluding hydrogens is 356 g/mol. The maximum absolute atomic E-state index is 12.0. The number of carbonyl (C=O) groups is 2. The van der Waals surface area contributed by atoms with Crippen LogP contribution in [-0.2, 0) is 4.79 Å². The van der Waals surface area contributed by atoms with E-state index in [0.29, 0.717) is 11.5 Å². The number of hydrogen-bond donors (Lipinski definition) is 3. The Morgan fingerprint density at radius 2 is 1.93 bits per heavy atom. The van der Waals surface area contributed by atoms with Gasteiger partial charge in [0.1, 0.15) is 5.69 Å². The molecule has 28 heavy (non-hydrogen) atoms. The predicted octanol–water partition coefficient (Wildman–Crippen LogP) is 2.97. The number of carbonyl (C=O) groups excluding carboxylic acids is 2. The first-order valence-electron chi connectivity index (χ1n) is 8.76. The van der Waals surface area contributed by atoms with E-state index in [1.54, 1.807) is 18.3 Å². The molecule has 0 aliphatic heterocycles. The van der Waals surface area contributed by atoms with Gasteiger partial charge in [0.15, 0.2) is 11.5 Å². The molecule has 3 heterocycles. The number of H-pyrrole nitrogens is 1. The van der Waals surface area contributed by atoms with Gasteiger partial charge in [0.2, 0.25) is 5.91 Å². The Bertz CT molecular complexity index is 1140. The summed E-state index contributed by atoms with van der Waals surface area (Å²) >= 11 is 0. The summed E-state index contributed by atoms with van der Waals surface area (Å²) in [6.07, 6.45) is 3.68. The quantitative estimate of drug-likeness (QED) is 0.500. The van der Waals surface area contributed by atoms with Gasteiger partial charge in [-0.15, -0.1) is 0 Å². The Morgan fingerprint density at radius 3 is 2.71 bits per heavy atom. The zero-order valence-electron chi connectivity index (χ0n) is 15.2. The summed E-state index contributed by atoms with van der Waals surface area (Å²) in [5, 5.41) is 6.08. The van der Waals surface area contributed by atoms with Crippen molar-refractivity contribution in [3.63, 3.8) is 0 Å². The first kappa shape index (κ1) is 17.5. The highest BCUT2D eigenvalue weighted by atomic mass is 16.4. The van der Waals surface area contributed by atoms with Crippen LogP contribution in [0.2, 0.25) is 0 Å². The van der Waals surface area contributed by atoms with Gasteiger partial charge in [-0.1, -0.05) is 18.2 Å². The average Bonchev–Trinajstić information content (AvgIpc) is 3.41. The molecule has 4 rings (SSSR count). The third kappa shape index (κ3) is 3.50. The van der Waals surface area contributed by atoms with E-state index in [1.165, 1.54) is 7.05 Å². The number of likely N-dealkylation sites (N-methyl/N-ethyl adjacent to an activating group) is 1. The van der Waals surface area contributed by atoms with Gasteiger partial charge < -0.3 is 20.0 Å². The van der Waals surface area contributed by atoms with Crippen LogP contribution in [0.15, 0.2) is 65.3 Å². The number of pyridine rings is 1. The number of fused-ring (bicyclic) bond motifs is 1. The van der Waals surface area contributed by atoms with Gasteiger partial charge in [-0.25, -0.2) is 0 Å². The first-order valence-corrected chi connectivity index (χ1v) is 8.76. The number of nitrogens with one attached hydrogen (secondary N) is 3. The molecule has 1 aromatic carbocycles. The molecule has 0 bridgehead atoms. The van der Waals surface area contributed by atoms with Crippen molar-refractivity contribution in [1.82, 2.24) is 20.6 Å². The number of benzene rings is 1. The highest BCUT2D eigenvalue weighted by Gasteiger charge is 2.14. The molecule has 2 amide bonds. The summed E-state index contributed by atoms with van der Waals surface area (Å²) < 4.78 is 5.58. The minimum absolute atomic E-state index is 0.108. The third-order valence-corrected chi connectivity index (χ3v) is 4.42. The van der Waals surface area contributed by atoms with Gasteiger partial charge in [0, 0.05) is 30.5 Å². The lowest BCUT2D eigenvalue weighted by atomic mass is 10.1. The van der Waals surface area contributed by atoms with Crippen molar-refractivity contribution >= 4 is 22.7 Å². The van der Waals surface area contributed by atoms with Crippen molar-refractivity contribution in [1.29, 1.82) is 0 Å². The van der Waals surface area contributed by atoms with Crippen LogP contribution in [-0.4, -0.2) is 35.4 Å². The largest absolute Gasteiger partial charge is 0.449 e. The fourth-order valence-corrected chi connectivity index (χ4v) is 2.87. The fraction of sp³-hybridized carbons (Fsp3) is 0.0952. The van der Waals surface area contributed by atoms with Crippen LogP contribution in [0.1, 0.15) is 10.6 Å². The minimum Gasteiger partial charge on any atom is -0.449 e. The summed E-state index contributed by atoms with van der Waals surface area (Å²) in [7, 11) is 1.50. The number of furan rings is 1. The molecule has 7 heteroatoms. The molecule has 0 atom stereocenters. The second-order valence-corrected chi connectivity index (χ2v) is 6.23. The summed E-state index contributed by atoms with van der Waals surface area (Å²) in [4.78, 5) is 30.9. The monoisotopic (exact) mass is 374 g/mol. The zero-order chi connectivity index (χ0) is 19.5. The van der Waals surface area contributed by atoms with Crippen LogP contribution in [0.3, 0.4) is 0 Å². The standard InChI is InChI=1S/C21H18N4O3/c1-22-20(26)12-25-21(27)19-7-6-18(28-19)16-5-4-15(11-24-16)14-3-2-13-8-9-23-17(13)10-14/h2-11,23H,12H2,1H3,(H,22,26)(H,25,27). The maximum atomic E-state index is 12.0. The molecule has 3 N–H and O–H groups in total. The van der Waals surface area contributed by atoms with Crippen LogP contribution in [0.4, 0.5) is 0 Å². The molecule has 0 aliphatic rings. The molecule has 7 nitrogen and oxygen atoms in total. The Balaban J connectivity index is 1.50. The Hall–Kier alpha value is -3.87. The van der Waals surface area contributed by atoms with E-state index in [1.807, 2.05) is 24.4 Å². The van der Waals surface area contributed by atoms with Gasteiger partial charge in [-0.05, 0) is 41.3 Å². The molecule has 0 unspecified atom stereocenters. The normalized spacial score (nSPS) is 10.8. The summed E-state index contributed by atoms with van der Waals surface area (Å²) in [6.45, 7) is -0.108. The predicted molar refractivity (Wildman–Crippen MR) is 106 cm³/mol. The van der Waals surface area contributed by atoms with Crippen molar-refractivity contribution < 1.29 is 14.0 Å². The highest BCUT2D eigenvalue weighted by molar-refractivity contribution is 5.94. The van der Waals surface area contributed by atoms with E-state index in [2.05, 4.69) is 38.8 Å². The van der Waals surface area contributed by atoms with Crippen LogP contribution in [0, 0.1) is 0 Å². The lowest BCUT2D eigenvalue weighted by Gasteiger charge is -2.03. The highest BCUT2D eigenvalue weighted by Crippen LogP contribution is 2.26. The second-order valence-electron chi connectivity index (χ2n) is 6.23. The fourth-order valence-electron chi connectivity index (χ4n) is 2.87. The number of rotatable bonds is 5. The summed E-state index contributed by atoms with van der Waals surface area (Å²) in [5.41, 5.74) is 3.73. The van der Waals surface area contributed by atoms with Crippen molar-refractivity contribution in [3.05, 3.63) is 66.7 Å². The first-order chi connectivity index (χ1) is 13.6. The lowest BCUT2D eigenvalue weighted by molar-refractivity contribution is -0.119. The van der Waals surface area contributed by atoms with Gasteiger partial charge in [-0.2, -0.15) is 0 Å². The van der Waals surface area contributed by atoms with Gasteiger partial charge in [-0.3, -0.25) is 14.6 Å². The van der Waals surface area contributed by atoms with E-state index in [-0.39, 0.29) is 18.2 Å². The summed E-state index contributed by atoms with van der Waals surface area (Å²) in [5.74, 6) is -0.126. The molecule has 0 saturated heterocycles. The number of aromatic nitrogens is 2. The lowest BCUT2D eigenvalue weighted by Crippen LogP contribution is -2.34. The number of hydrogen-bond acceptors (Lipinski definition) is 4. The molecule has 140 valence electrons. The van der Waals surface area contributed by atoms with Gasteiger partial charge >= 0.3 is 0 Å². The molecule has 4 aromatic rings. The molecule has 0 spiro atoms. The van der Waals surface area contributed by atoms with Crippen molar-refractivity contribution in [3.8, 4) is 22.6 Å². The Labute approximate surface area is 160 Å². The van der Waals surface area contributed by atoms with Crippen LogP contribution in [0.5, 0.6) is 0 Å². The Morgan fingerprint density at radius 1 is 1.07 bits per heavy atom. The van der Waals surface area contributed by atoms with Gasteiger partial charge in [0.25, 0.3) is 5.91 Å². The molecular formula is C21H18N4O3. The molecule has 0 radical (unpaired) electrons. The molecule has 3 aromatic heterocycles. The molecule has 0 fully saturated rings. The van der Waals surface area contributed by atoms with Crippen LogP contribution < -0.4 is 10.6 Å². The topological polar surface area (TPSA) is 100 Å². The van der Waals surface area contributed by atoms with Crippen LogP contribution >= 0.6 is 0 Å².